The molecule has 74 valence electrons. The third-order valence-electron chi connectivity index (χ3n) is 1.69. The quantitative estimate of drug-likeness (QED) is 0.756. The standard InChI is InChI=1S/C9H14N2.C2H6/c1-11(2)9-6-4-3-5-8(9)7-10;1-2/h3-6H,7,10H2,1-2H3;1-2H3. The third-order valence-corrected chi connectivity index (χ3v) is 1.69. The first-order valence-electron chi connectivity index (χ1n) is 4.71. The zero-order chi connectivity index (χ0) is 10.3. The van der Waals surface area contributed by atoms with Gasteiger partial charge in [0.25, 0.3) is 0 Å². The molecular formula is C11H20N2. The van der Waals surface area contributed by atoms with Gasteiger partial charge >= 0.3 is 0 Å². The fourth-order valence-electron chi connectivity index (χ4n) is 1.12. The van der Waals surface area contributed by atoms with E-state index in [-0.39, 0.29) is 0 Å². The Hall–Kier alpha value is -1.02. The molecule has 0 atom stereocenters. The molecular weight excluding hydrogens is 160 g/mol. The minimum atomic E-state index is 0.606. The van der Waals surface area contributed by atoms with Crippen LogP contribution in [-0.2, 0) is 6.54 Å². The monoisotopic (exact) mass is 180 g/mol. The molecule has 13 heavy (non-hydrogen) atoms. The molecule has 0 saturated heterocycles. The molecule has 2 N–H and O–H groups in total. The first kappa shape index (κ1) is 12.0. The lowest BCUT2D eigenvalue weighted by Crippen LogP contribution is -2.12. The maximum absolute atomic E-state index is 5.56. The number of benzene rings is 1. The Kier molecular flexibility index (Phi) is 5.98. The van der Waals surface area contributed by atoms with Crippen molar-refractivity contribution in [3.05, 3.63) is 29.8 Å². The average molecular weight is 180 g/mol. The Morgan fingerprint density at radius 1 is 1.15 bits per heavy atom. The number of rotatable bonds is 2. The second-order valence-corrected chi connectivity index (χ2v) is 2.73. The Morgan fingerprint density at radius 3 is 2.08 bits per heavy atom. The van der Waals surface area contributed by atoms with Gasteiger partial charge < -0.3 is 10.6 Å². The van der Waals surface area contributed by atoms with Crippen LogP contribution in [0.15, 0.2) is 24.3 Å². The van der Waals surface area contributed by atoms with Crippen LogP contribution in [-0.4, -0.2) is 14.1 Å². The Balaban J connectivity index is 0.000000671. The van der Waals surface area contributed by atoms with E-state index in [2.05, 4.69) is 17.0 Å². The zero-order valence-corrected chi connectivity index (χ0v) is 9.04. The molecule has 2 heteroatoms. The molecule has 2 nitrogen and oxygen atoms in total. The summed E-state index contributed by atoms with van der Waals surface area (Å²) in [5.41, 5.74) is 7.96. The van der Waals surface area contributed by atoms with Crippen LogP contribution in [0.2, 0.25) is 0 Å². The second-order valence-electron chi connectivity index (χ2n) is 2.73. The molecule has 1 rings (SSSR count). The van der Waals surface area contributed by atoms with E-state index in [0.717, 1.165) is 0 Å². The highest BCUT2D eigenvalue weighted by Crippen LogP contribution is 2.16. The molecule has 0 radical (unpaired) electrons. The average Bonchev–Trinajstić information content (AvgIpc) is 2.20. The molecule has 0 amide bonds. The molecule has 0 fully saturated rings. The fraction of sp³-hybridized carbons (Fsp3) is 0.455. The van der Waals surface area contributed by atoms with Crippen LogP contribution in [0.5, 0.6) is 0 Å². The molecule has 0 unspecified atom stereocenters. The summed E-state index contributed by atoms with van der Waals surface area (Å²) in [6.45, 7) is 4.61. The summed E-state index contributed by atoms with van der Waals surface area (Å²) < 4.78 is 0. The maximum Gasteiger partial charge on any atom is 0.0406 e. The number of hydrogen-bond donors (Lipinski definition) is 1. The summed E-state index contributed by atoms with van der Waals surface area (Å²) in [4.78, 5) is 2.07. The largest absolute Gasteiger partial charge is 0.377 e. The summed E-state index contributed by atoms with van der Waals surface area (Å²) in [7, 11) is 4.04. The summed E-state index contributed by atoms with van der Waals surface area (Å²) in [6.07, 6.45) is 0. The third kappa shape index (κ3) is 3.47. The molecule has 0 aliphatic rings. The minimum absolute atomic E-state index is 0.606. The van der Waals surface area contributed by atoms with Gasteiger partial charge in [0.2, 0.25) is 0 Å². The van der Waals surface area contributed by atoms with Crippen LogP contribution < -0.4 is 10.6 Å². The Labute approximate surface area is 81.4 Å². The van der Waals surface area contributed by atoms with Crippen molar-refractivity contribution in [3.63, 3.8) is 0 Å². The number of nitrogens with zero attached hydrogens (tertiary/aromatic N) is 1. The lowest BCUT2D eigenvalue weighted by Gasteiger charge is -2.15. The highest BCUT2D eigenvalue weighted by atomic mass is 15.1. The van der Waals surface area contributed by atoms with Crippen molar-refractivity contribution in [2.75, 3.05) is 19.0 Å². The first-order valence-corrected chi connectivity index (χ1v) is 4.71. The van der Waals surface area contributed by atoms with E-state index in [1.54, 1.807) is 0 Å². The zero-order valence-electron chi connectivity index (χ0n) is 9.04. The van der Waals surface area contributed by atoms with E-state index in [9.17, 15) is 0 Å². The molecule has 1 aromatic carbocycles. The van der Waals surface area contributed by atoms with E-state index < -0.39 is 0 Å². The van der Waals surface area contributed by atoms with Crippen molar-refractivity contribution in [1.82, 2.24) is 0 Å². The van der Waals surface area contributed by atoms with Gasteiger partial charge in [-0.15, -0.1) is 0 Å². The Morgan fingerprint density at radius 2 is 1.69 bits per heavy atom. The molecule has 1 aromatic rings. The van der Waals surface area contributed by atoms with Gasteiger partial charge in [-0.3, -0.25) is 0 Å². The van der Waals surface area contributed by atoms with Gasteiger partial charge in [0.15, 0.2) is 0 Å². The van der Waals surface area contributed by atoms with Gasteiger partial charge in [-0.2, -0.15) is 0 Å². The smallest absolute Gasteiger partial charge is 0.0406 e. The summed E-state index contributed by atoms with van der Waals surface area (Å²) in [5, 5.41) is 0. The van der Waals surface area contributed by atoms with E-state index in [1.165, 1.54) is 11.3 Å². The molecule has 0 saturated carbocycles. The van der Waals surface area contributed by atoms with E-state index in [0.29, 0.717) is 6.54 Å². The van der Waals surface area contributed by atoms with E-state index >= 15 is 0 Å². The van der Waals surface area contributed by atoms with Gasteiger partial charge in [0.1, 0.15) is 0 Å². The number of para-hydroxylation sites is 1. The highest BCUT2D eigenvalue weighted by Gasteiger charge is 1.99. The van der Waals surface area contributed by atoms with Crippen molar-refractivity contribution >= 4 is 5.69 Å². The molecule has 0 aliphatic carbocycles. The second kappa shape index (κ2) is 6.49. The lowest BCUT2D eigenvalue weighted by atomic mass is 10.2. The van der Waals surface area contributed by atoms with Crippen molar-refractivity contribution in [2.24, 2.45) is 5.73 Å². The van der Waals surface area contributed by atoms with Crippen molar-refractivity contribution in [3.8, 4) is 0 Å². The minimum Gasteiger partial charge on any atom is -0.377 e. The van der Waals surface area contributed by atoms with Crippen molar-refractivity contribution < 1.29 is 0 Å². The van der Waals surface area contributed by atoms with Gasteiger partial charge in [0, 0.05) is 26.3 Å². The molecule has 0 aromatic heterocycles. The highest BCUT2D eigenvalue weighted by molar-refractivity contribution is 5.52. The van der Waals surface area contributed by atoms with Gasteiger partial charge in [-0.25, -0.2) is 0 Å². The molecule has 0 heterocycles. The Bertz CT molecular complexity index is 231. The number of hydrogen-bond acceptors (Lipinski definition) is 2. The maximum atomic E-state index is 5.56. The van der Waals surface area contributed by atoms with E-state index in [4.69, 9.17) is 5.73 Å². The predicted molar refractivity (Wildman–Crippen MR) is 60.0 cm³/mol. The van der Waals surface area contributed by atoms with Gasteiger partial charge in [-0.1, -0.05) is 32.0 Å². The van der Waals surface area contributed by atoms with Crippen LogP contribution >= 0.6 is 0 Å². The van der Waals surface area contributed by atoms with Gasteiger partial charge in [0.05, 0.1) is 0 Å². The lowest BCUT2D eigenvalue weighted by molar-refractivity contribution is 1.03. The van der Waals surface area contributed by atoms with Crippen LogP contribution in [0.25, 0.3) is 0 Å². The SMILES string of the molecule is CC.CN(C)c1ccccc1CN. The van der Waals surface area contributed by atoms with Crippen LogP contribution in [0.3, 0.4) is 0 Å². The number of anilines is 1. The van der Waals surface area contributed by atoms with E-state index in [1.807, 2.05) is 40.1 Å². The van der Waals surface area contributed by atoms with Crippen LogP contribution in [0.4, 0.5) is 5.69 Å². The molecule has 0 bridgehead atoms. The molecule has 0 spiro atoms. The van der Waals surface area contributed by atoms with Gasteiger partial charge in [-0.05, 0) is 11.6 Å². The van der Waals surface area contributed by atoms with Crippen LogP contribution in [0, 0.1) is 0 Å². The van der Waals surface area contributed by atoms with Crippen molar-refractivity contribution in [2.45, 2.75) is 20.4 Å². The summed E-state index contributed by atoms with van der Waals surface area (Å²) >= 11 is 0. The summed E-state index contributed by atoms with van der Waals surface area (Å²) in [5.74, 6) is 0. The van der Waals surface area contributed by atoms with Crippen molar-refractivity contribution in [1.29, 1.82) is 0 Å². The predicted octanol–water partition coefficient (Wildman–Crippen LogP) is 2.24. The summed E-state index contributed by atoms with van der Waals surface area (Å²) in [6, 6.07) is 8.15. The normalized spacial score (nSPS) is 8.69. The van der Waals surface area contributed by atoms with Crippen LogP contribution in [0.1, 0.15) is 19.4 Å². The fourth-order valence-corrected chi connectivity index (χ4v) is 1.12. The molecule has 0 aliphatic heterocycles. The topological polar surface area (TPSA) is 29.3 Å². The first-order chi connectivity index (χ1) is 6.25. The number of nitrogens with two attached hydrogens (primary N) is 1.